The Bertz CT molecular complexity index is 328. The fourth-order valence-electron chi connectivity index (χ4n) is 1.47. The number of ketones is 1. The molecule has 1 atom stereocenters. The van der Waals surface area contributed by atoms with Crippen LogP contribution in [0.4, 0.5) is 0 Å². The first kappa shape index (κ1) is 10.7. The van der Waals surface area contributed by atoms with Gasteiger partial charge in [-0.25, -0.2) is 0 Å². The molecule has 0 aliphatic heterocycles. The van der Waals surface area contributed by atoms with Crippen LogP contribution in [-0.4, -0.2) is 17.0 Å². The first-order chi connectivity index (χ1) is 6.69. The summed E-state index contributed by atoms with van der Waals surface area (Å²) < 4.78 is 0. The van der Waals surface area contributed by atoms with E-state index in [0.717, 1.165) is 12.1 Å². The van der Waals surface area contributed by atoms with Crippen LogP contribution in [0.25, 0.3) is 0 Å². The maximum atomic E-state index is 11.8. The van der Waals surface area contributed by atoms with E-state index in [1.807, 2.05) is 26.0 Å². The molecule has 0 fully saturated rings. The van der Waals surface area contributed by atoms with E-state index >= 15 is 0 Å². The molecule has 1 heterocycles. The fourth-order valence-corrected chi connectivity index (χ4v) is 1.47. The summed E-state index contributed by atoms with van der Waals surface area (Å²) in [6.07, 6.45) is 2.63. The second-order valence-electron chi connectivity index (χ2n) is 3.46. The number of H-pyrrole nitrogens is 1. The molecule has 14 heavy (non-hydrogen) atoms. The van der Waals surface area contributed by atoms with Crippen LogP contribution in [0.1, 0.15) is 35.9 Å². The Kier molecular flexibility index (Phi) is 3.63. The number of aryl methyl sites for hydroxylation is 1. The summed E-state index contributed by atoms with van der Waals surface area (Å²) in [5.41, 5.74) is 1.66. The van der Waals surface area contributed by atoms with E-state index in [-0.39, 0.29) is 11.7 Å². The Balaban J connectivity index is 2.77. The van der Waals surface area contributed by atoms with Crippen LogP contribution in [0.3, 0.4) is 0 Å². The van der Waals surface area contributed by atoms with Crippen LogP contribution in [0.15, 0.2) is 12.1 Å². The van der Waals surface area contributed by atoms with E-state index in [9.17, 15) is 4.79 Å². The average molecular weight is 192 g/mol. The zero-order valence-electron chi connectivity index (χ0n) is 8.63. The van der Waals surface area contributed by atoms with Crippen molar-refractivity contribution in [2.45, 2.75) is 26.7 Å². The van der Waals surface area contributed by atoms with Gasteiger partial charge in [-0.3, -0.25) is 4.79 Å². The lowest BCUT2D eigenvalue weighted by Gasteiger charge is -2.08. The Morgan fingerprint density at radius 2 is 2.36 bits per heavy atom. The van der Waals surface area contributed by atoms with Crippen LogP contribution >= 0.6 is 0 Å². The van der Waals surface area contributed by atoms with Crippen molar-refractivity contribution in [3.05, 3.63) is 23.5 Å². The van der Waals surface area contributed by atoms with E-state index in [4.69, 9.17) is 5.41 Å². The molecule has 2 N–H and O–H groups in total. The highest BCUT2D eigenvalue weighted by Gasteiger charge is 2.17. The highest BCUT2D eigenvalue weighted by molar-refractivity contribution is 5.97. The summed E-state index contributed by atoms with van der Waals surface area (Å²) in [5.74, 6) is 0.0645. The molecule has 76 valence electrons. The summed E-state index contributed by atoms with van der Waals surface area (Å²) in [6.45, 7) is 3.90. The average Bonchev–Trinajstić information content (AvgIpc) is 2.60. The molecule has 0 saturated carbocycles. The second-order valence-corrected chi connectivity index (χ2v) is 3.46. The second kappa shape index (κ2) is 4.74. The molecule has 0 saturated heterocycles. The lowest BCUT2D eigenvalue weighted by atomic mass is 9.96. The number of carbonyl (C=O) groups is 1. The van der Waals surface area contributed by atoms with E-state index in [2.05, 4.69) is 4.98 Å². The van der Waals surface area contributed by atoms with Crippen molar-refractivity contribution in [1.29, 1.82) is 5.41 Å². The van der Waals surface area contributed by atoms with Crippen LogP contribution in [0.2, 0.25) is 0 Å². The minimum absolute atomic E-state index is 0.0504. The molecule has 3 nitrogen and oxygen atoms in total. The van der Waals surface area contributed by atoms with Gasteiger partial charge in [-0.15, -0.1) is 0 Å². The van der Waals surface area contributed by atoms with Gasteiger partial charge in [0.05, 0.1) is 5.69 Å². The van der Waals surface area contributed by atoms with Crippen LogP contribution in [0, 0.1) is 18.3 Å². The van der Waals surface area contributed by atoms with Gasteiger partial charge in [-0.1, -0.05) is 6.92 Å². The number of rotatable bonds is 5. The lowest BCUT2D eigenvalue weighted by molar-refractivity contribution is 0.0916. The Morgan fingerprint density at radius 3 is 2.79 bits per heavy atom. The quantitative estimate of drug-likeness (QED) is 0.546. The summed E-state index contributed by atoms with van der Waals surface area (Å²) in [4.78, 5) is 14.9. The normalized spacial score (nSPS) is 12.4. The van der Waals surface area contributed by atoms with Crippen molar-refractivity contribution in [1.82, 2.24) is 4.98 Å². The van der Waals surface area contributed by atoms with Gasteiger partial charge < -0.3 is 10.4 Å². The molecular weight excluding hydrogens is 176 g/mol. The van der Waals surface area contributed by atoms with Crippen molar-refractivity contribution >= 4 is 12.0 Å². The van der Waals surface area contributed by atoms with E-state index in [1.54, 1.807) is 0 Å². The molecule has 0 aliphatic carbocycles. The molecule has 0 amide bonds. The van der Waals surface area contributed by atoms with Crippen LogP contribution in [0.5, 0.6) is 0 Å². The standard InChI is InChI=1S/C11H16N2O/c1-3-9(6-7-12)11(14)10-5-4-8(2)13-10/h4-5,7,9,12-13H,3,6H2,1-2H3. The Morgan fingerprint density at radius 1 is 1.64 bits per heavy atom. The van der Waals surface area contributed by atoms with Gasteiger partial charge >= 0.3 is 0 Å². The molecular formula is C11H16N2O. The number of Topliss-reactive ketones (excluding diaryl/α,β-unsaturated/α-hetero) is 1. The van der Waals surface area contributed by atoms with Crippen molar-refractivity contribution in [3.63, 3.8) is 0 Å². The fraction of sp³-hybridized carbons (Fsp3) is 0.455. The number of hydrogen-bond acceptors (Lipinski definition) is 2. The summed E-state index contributed by atoms with van der Waals surface area (Å²) in [7, 11) is 0. The van der Waals surface area contributed by atoms with Crippen molar-refractivity contribution in [2.24, 2.45) is 5.92 Å². The van der Waals surface area contributed by atoms with Crippen LogP contribution < -0.4 is 0 Å². The smallest absolute Gasteiger partial charge is 0.182 e. The molecule has 3 heteroatoms. The van der Waals surface area contributed by atoms with Crippen molar-refractivity contribution in [3.8, 4) is 0 Å². The van der Waals surface area contributed by atoms with Gasteiger partial charge in [0, 0.05) is 11.6 Å². The summed E-state index contributed by atoms with van der Waals surface area (Å²) >= 11 is 0. The molecule has 0 bridgehead atoms. The van der Waals surface area contributed by atoms with E-state index in [0.29, 0.717) is 12.1 Å². The van der Waals surface area contributed by atoms with Gasteiger partial charge in [-0.2, -0.15) is 0 Å². The molecule has 0 aliphatic rings. The lowest BCUT2D eigenvalue weighted by Crippen LogP contribution is -2.14. The number of hydrogen-bond donors (Lipinski definition) is 2. The largest absolute Gasteiger partial charge is 0.356 e. The van der Waals surface area contributed by atoms with Crippen molar-refractivity contribution in [2.75, 3.05) is 0 Å². The maximum absolute atomic E-state index is 11.8. The molecule has 1 aromatic rings. The zero-order chi connectivity index (χ0) is 10.6. The topological polar surface area (TPSA) is 56.7 Å². The summed E-state index contributed by atoms with van der Waals surface area (Å²) in [5, 5.41) is 7.01. The molecule has 1 unspecified atom stereocenters. The van der Waals surface area contributed by atoms with Gasteiger partial charge in [-0.05, 0) is 38.1 Å². The molecule has 1 aromatic heterocycles. The van der Waals surface area contributed by atoms with Gasteiger partial charge in [0.2, 0.25) is 0 Å². The number of carbonyl (C=O) groups excluding carboxylic acids is 1. The van der Waals surface area contributed by atoms with Gasteiger partial charge in [0.25, 0.3) is 0 Å². The highest BCUT2D eigenvalue weighted by Crippen LogP contribution is 2.14. The maximum Gasteiger partial charge on any atom is 0.182 e. The van der Waals surface area contributed by atoms with E-state index < -0.39 is 0 Å². The minimum Gasteiger partial charge on any atom is -0.356 e. The number of nitrogens with one attached hydrogen (secondary N) is 2. The third-order valence-corrected chi connectivity index (χ3v) is 2.36. The van der Waals surface area contributed by atoms with E-state index in [1.165, 1.54) is 6.21 Å². The monoisotopic (exact) mass is 192 g/mol. The Hall–Kier alpha value is -1.38. The SMILES string of the molecule is CCC(CC=N)C(=O)c1ccc(C)[nH]1. The number of aromatic nitrogens is 1. The summed E-state index contributed by atoms with van der Waals surface area (Å²) in [6, 6.07) is 3.70. The predicted molar refractivity (Wildman–Crippen MR) is 57.0 cm³/mol. The first-order valence-electron chi connectivity index (χ1n) is 4.87. The third kappa shape index (κ3) is 2.31. The molecule has 0 radical (unpaired) electrons. The Labute approximate surface area is 84.0 Å². The van der Waals surface area contributed by atoms with Crippen LogP contribution in [-0.2, 0) is 0 Å². The third-order valence-electron chi connectivity index (χ3n) is 2.36. The molecule has 1 rings (SSSR count). The van der Waals surface area contributed by atoms with Crippen molar-refractivity contribution < 1.29 is 4.79 Å². The minimum atomic E-state index is -0.0504. The first-order valence-corrected chi connectivity index (χ1v) is 4.87. The highest BCUT2D eigenvalue weighted by atomic mass is 16.1. The number of aromatic amines is 1. The van der Waals surface area contributed by atoms with Gasteiger partial charge in [0.1, 0.15) is 0 Å². The predicted octanol–water partition coefficient (Wildman–Crippen LogP) is 2.57. The van der Waals surface area contributed by atoms with Gasteiger partial charge in [0.15, 0.2) is 5.78 Å². The molecule has 0 aromatic carbocycles. The zero-order valence-corrected chi connectivity index (χ0v) is 8.63. The molecule has 0 spiro atoms.